The summed E-state index contributed by atoms with van der Waals surface area (Å²) in [5, 5.41) is 9.27. The molecule has 0 bridgehead atoms. The fourth-order valence-electron chi connectivity index (χ4n) is 5.28. The number of rotatable bonds is 5. The summed E-state index contributed by atoms with van der Waals surface area (Å²) >= 11 is 0. The van der Waals surface area contributed by atoms with Gasteiger partial charge in [-0.2, -0.15) is 5.26 Å². The van der Waals surface area contributed by atoms with E-state index in [1.807, 2.05) is 25.4 Å². The molecule has 2 unspecified atom stereocenters. The highest BCUT2D eigenvalue weighted by Crippen LogP contribution is 2.47. The third-order valence-corrected chi connectivity index (χ3v) is 6.62. The second kappa shape index (κ2) is 8.03. The van der Waals surface area contributed by atoms with Gasteiger partial charge >= 0.3 is 6.09 Å². The molecular weight excluding hydrogens is 420 g/mol. The second-order valence-corrected chi connectivity index (χ2v) is 9.31. The Hall–Kier alpha value is -3.67. The fraction of sp³-hybridized carbons (Fsp3) is 0.458. The number of carbonyl (C=O) groups excluding carboxylic acids is 1. The van der Waals surface area contributed by atoms with Crippen LogP contribution in [0.15, 0.2) is 36.9 Å². The lowest BCUT2D eigenvalue weighted by molar-refractivity contribution is -0.0264. The smallest absolute Gasteiger partial charge is 0.416 e. The number of hydrogen-bond acceptors (Lipinski definition) is 7. The molecule has 1 saturated carbocycles. The molecular formula is C24H26N6O3. The van der Waals surface area contributed by atoms with Gasteiger partial charge in [0.25, 0.3) is 0 Å². The van der Waals surface area contributed by atoms with Crippen molar-refractivity contribution in [3.8, 4) is 11.9 Å². The molecule has 2 aromatic heterocycles. The summed E-state index contributed by atoms with van der Waals surface area (Å²) in [4.78, 5) is 27.4. The van der Waals surface area contributed by atoms with Crippen molar-refractivity contribution in [3.05, 3.63) is 42.5 Å². The number of nitriles is 1. The van der Waals surface area contributed by atoms with Crippen LogP contribution in [0.2, 0.25) is 0 Å². The van der Waals surface area contributed by atoms with Crippen LogP contribution >= 0.6 is 0 Å². The Morgan fingerprint density at radius 2 is 2.12 bits per heavy atom. The Morgan fingerprint density at radius 3 is 2.88 bits per heavy atom. The van der Waals surface area contributed by atoms with Gasteiger partial charge in [0.05, 0.1) is 54.5 Å². The van der Waals surface area contributed by atoms with Gasteiger partial charge in [0.15, 0.2) is 5.82 Å². The van der Waals surface area contributed by atoms with Gasteiger partial charge in [-0.3, -0.25) is 4.90 Å². The van der Waals surface area contributed by atoms with Crippen LogP contribution in [-0.4, -0.2) is 44.4 Å². The topological polar surface area (TPSA) is 106 Å². The molecule has 1 amide bonds. The van der Waals surface area contributed by atoms with Crippen molar-refractivity contribution in [2.24, 2.45) is 5.41 Å². The molecule has 0 N–H and O–H groups in total. The van der Waals surface area contributed by atoms with Gasteiger partial charge in [0, 0.05) is 6.54 Å². The van der Waals surface area contributed by atoms with Gasteiger partial charge in [0.1, 0.15) is 5.60 Å². The molecule has 5 rings (SSSR count). The molecule has 9 nitrogen and oxygen atoms in total. The molecule has 1 aliphatic heterocycles. The van der Waals surface area contributed by atoms with E-state index >= 15 is 0 Å². The summed E-state index contributed by atoms with van der Waals surface area (Å²) in [6, 6.07) is 7.75. The second-order valence-electron chi connectivity index (χ2n) is 9.31. The standard InChI is InChI=1S/C24H26N6O3/c1-3-32-21-12-26-20(11-27-21)30-15-24(33-22(30)31)8-4-7-23(2,13-24)14-29-16-28-18-6-5-17(10-25)9-19(18)29/h5-6,9,11-12,16H,3-4,7-8,13-15H2,1-2H3. The van der Waals surface area contributed by atoms with Crippen molar-refractivity contribution >= 4 is 22.9 Å². The Labute approximate surface area is 192 Å². The molecule has 2 aliphatic rings. The highest BCUT2D eigenvalue weighted by Gasteiger charge is 2.52. The predicted octanol–water partition coefficient (Wildman–Crippen LogP) is 4.07. The molecule has 3 aromatic rings. The van der Waals surface area contributed by atoms with E-state index in [0.717, 1.165) is 43.3 Å². The Bertz CT molecular complexity index is 1230. The zero-order valence-electron chi connectivity index (χ0n) is 18.8. The molecule has 33 heavy (non-hydrogen) atoms. The van der Waals surface area contributed by atoms with Crippen LogP contribution in [0.3, 0.4) is 0 Å². The number of fused-ring (bicyclic) bond motifs is 1. The van der Waals surface area contributed by atoms with E-state index in [2.05, 4.69) is 32.5 Å². The maximum absolute atomic E-state index is 12.8. The monoisotopic (exact) mass is 446 g/mol. The number of nitrogens with zero attached hydrogens (tertiary/aromatic N) is 6. The number of hydrogen-bond donors (Lipinski definition) is 0. The fourth-order valence-corrected chi connectivity index (χ4v) is 5.28. The van der Waals surface area contributed by atoms with Crippen LogP contribution in [0, 0.1) is 16.7 Å². The van der Waals surface area contributed by atoms with E-state index in [0.29, 0.717) is 30.4 Å². The SMILES string of the molecule is CCOc1cnc(N2CC3(CCCC(C)(Cn4cnc5ccc(C#N)cc54)C3)OC2=O)cn1. The van der Waals surface area contributed by atoms with Crippen molar-refractivity contribution in [3.63, 3.8) is 0 Å². The van der Waals surface area contributed by atoms with Crippen LogP contribution in [0.25, 0.3) is 11.0 Å². The molecule has 9 heteroatoms. The molecule has 1 saturated heterocycles. The summed E-state index contributed by atoms with van der Waals surface area (Å²) < 4.78 is 13.5. The van der Waals surface area contributed by atoms with E-state index < -0.39 is 5.60 Å². The normalized spacial score (nSPS) is 24.8. The van der Waals surface area contributed by atoms with E-state index in [9.17, 15) is 10.1 Å². The third-order valence-electron chi connectivity index (χ3n) is 6.62. The van der Waals surface area contributed by atoms with Gasteiger partial charge in [0.2, 0.25) is 5.88 Å². The average molecular weight is 447 g/mol. The summed E-state index contributed by atoms with van der Waals surface area (Å²) in [5.41, 5.74) is 1.79. The highest BCUT2D eigenvalue weighted by atomic mass is 16.6. The summed E-state index contributed by atoms with van der Waals surface area (Å²) in [6.45, 7) is 5.81. The quantitative estimate of drug-likeness (QED) is 0.581. The Kier molecular flexibility index (Phi) is 5.16. The molecule has 170 valence electrons. The maximum atomic E-state index is 12.8. The van der Waals surface area contributed by atoms with Gasteiger partial charge in [-0.15, -0.1) is 0 Å². The van der Waals surface area contributed by atoms with Crippen LogP contribution in [0.1, 0.15) is 45.1 Å². The van der Waals surface area contributed by atoms with E-state index in [1.54, 1.807) is 17.2 Å². The van der Waals surface area contributed by atoms with Crippen molar-refractivity contribution in [1.29, 1.82) is 5.26 Å². The van der Waals surface area contributed by atoms with Crippen LogP contribution in [-0.2, 0) is 11.3 Å². The van der Waals surface area contributed by atoms with E-state index in [-0.39, 0.29) is 11.5 Å². The Morgan fingerprint density at radius 1 is 1.24 bits per heavy atom. The minimum absolute atomic E-state index is 0.0880. The first-order valence-corrected chi connectivity index (χ1v) is 11.2. The summed E-state index contributed by atoms with van der Waals surface area (Å²) in [7, 11) is 0. The van der Waals surface area contributed by atoms with Gasteiger partial charge in [-0.25, -0.2) is 19.7 Å². The maximum Gasteiger partial charge on any atom is 0.416 e. The Balaban J connectivity index is 1.36. The first kappa shape index (κ1) is 21.2. The zero-order chi connectivity index (χ0) is 23.1. The lowest BCUT2D eigenvalue weighted by Gasteiger charge is -2.43. The van der Waals surface area contributed by atoms with Crippen LogP contribution in [0.5, 0.6) is 5.88 Å². The molecule has 3 heterocycles. The van der Waals surface area contributed by atoms with Gasteiger partial charge in [-0.1, -0.05) is 6.92 Å². The minimum atomic E-state index is -0.557. The molecule has 0 radical (unpaired) electrons. The predicted molar refractivity (Wildman–Crippen MR) is 121 cm³/mol. The number of aromatic nitrogens is 4. The first-order chi connectivity index (χ1) is 15.9. The van der Waals surface area contributed by atoms with Gasteiger partial charge < -0.3 is 14.0 Å². The number of anilines is 1. The largest absolute Gasteiger partial charge is 0.477 e. The highest BCUT2D eigenvalue weighted by molar-refractivity contribution is 5.89. The number of carbonyl (C=O) groups is 1. The van der Waals surface area contributed by atoms with Crippen molar-refractivity contribution in [2.45, 2.75) is 51.7 Å². The average Bonchev–Trinajstić information content (AvgIpc) is 3.33. The van der Waals surface area contributed by atoms with E-state index in [4.69, 9.17) is 9.47 Å². The number of ether oxygens (including phenoxy) is 2. The number of amides is 1. The lowest BCUT2D eigenvalue weighted by atomic mass is 9.68. The molecule has 2 fully saturated rings. The molecule has 2 atom stereocenters. The van der Waals surface area contributed by atoms with Crippen molar-refractivity contribution in [1.82, 2.24) is 19.5 Å². The minimum Gasteiger partial charge on any atom is -0.477 e. The number of imidazole rings is 1. The van der Waals surface area contributed by atoms with Crippen LogP contribution < -0.4 is 9.64 Å². The van der Waals surface area contributed by atoms with Crippen LogP contribution in [0.4, 0.5) is 10.6 Å². The van der Waals surface area contributed by atoms with Gasteiger partial charge in [-0.05, 0) is 56.2 Å². The summed E-state index contributed by atoms with van der Waals surface area (Å²) in [6.07, 6.45) is 8.07. The molecule has 1 spiro atoms. The first-order valence-electron chi connectivity index (χ1n) is 11.2. The molecule has 1 aromatic carbocycles. The van der Waals surface area contributed by atoms with Crippen molar-refractivity contribution < 1.29 is 14.3 Å². The zero-order valence-corrected chi connectivity index (χ0v) is 18.8. The third kappa shape index (κ3) is 3.97. The number of benzene rings is 1. The molecule has 1 aliphatic carbocycles. The van der Waals surface area contributed by atoms with E-state index in [1.165, 1.54) is 6.20 Å². The lowest BCUT2D eigenvalue weighted by Crippen LogP contribution is -2.45. The van der Waals surface area contributed by atoms with Crippen molar-refractivity contribution in [2.75, 3.05) is 18.1 Å². The summed E-state index contributed by atoms with van der Waals surface area (Å²) in [5.74, 6) is 0.901.